The lowest BCUT2D eigenvalue weighted by Gasteiger charge is -1.99. The maximum Gasteiger partial charge on any atom is 0.229 e. The summed E-state index contributed by atoms with van der Waals surface area (Å²) in [7, 11) is 0. The lowest BCUT2D eigenvalue weighted by Crippen LogP contribution is -2.14. The third-order valence-electron chi connectivity index (χ3n) is 3.85. The largest absolute Gasteiger partial charge is 0.300 e. The number of thiophene rings is 1. The molecule has 1 N–H and O–H groups in total. The monoisotopic (exact) mass is 305 g/mol. The first-order chi connectivity index (χ1) is 9.70. The van der Waals surface area contributed by atoms with E-state index in [9.17, 15) is 4.79 Å². The normalized spacial score (nSPS) is 24.6. The van der Waals surface area contributed by atoms with Crippen molar-refractivity contribution in [2.75, 3.05) is 5.32 Å². The van der Waals surface area contributed by atoms with E-state index < -0.39 is 0 Å². The Bertz CT molecular complexity index is 659. The summed E-state index contributed by atoms with van der Waals surface area (Å²) in [6.45, 7) is 2.10. The van der Waals surface area contributed by atoms with E-state index in [1.807, 2.05) is 0 Å². The van der Waals surface area contributed by atoms with Crippen LogP contribution in [0.3, 0.4) is 0 Å². The average Bonchev–Trinajstić information content (AvgIpc) is 3.34. The molecule has 0 unspecified atom stereocenters. The first-order valence-corrected chi connectivity index (χ1v) is 8.54. The van der Waals surface area contributed by atoms with Crippen molar-refractivity contribution in [2.24, 2.45) is 5.92 Å². The van der Waals surface area contributed by atoms with Crippen LogP contribution in [-0.2, 0) is 4.79 Å². The number of hydrogen-bond acceptors (Lipinski definition) is 5. The Morgan fingerprint density at radius 2 is 2.15 bits per heavy atom. The van der Waals surface area contributed by atoms with Crippen molar-refractivity contribution in [1.29, 1.82) is 0 Å². The van der Waals surface area contributed by atoms with E-state index >= 15 is 0 Å². The minimum atomic E-state index is 0.0968. The highest BCUT2D eigenvalue weighted by molar-refractivity contribution is 7.15. The van der Waals surface area contributed by atoms with Crippen molar-refractivity contribution >= 4 is 33.7 Å². The Morgan fingerprint density at radius 1 is 1.30 bits per heavy atom. The summed E-state index contributed by atoms with van der Waals surface area (Å²) in [6, 6.07) is 4.27. The van der Waals surface area contributed by atoms with Gasteiger partial charge in [0, 0.05) is 27.5 Å². The number of carbonyl (C=O) groups is 1. The predicted octanol–water partition coefficient (Wildman–Crippen LogP) is 3.53. The number of aromatic nitrogens is 2. The van der Waals surface area contributed by atoms with Crippen LogP contribution < -0.4 is 5.32 Å². The van der Waals surface area contributed by atoms with Crippen molar-refractivity contribution in [2.45, 2.75) is 38.0 Å². The van der Waals surface area contributed by atoms with Crippen molar-refractivity contribution < 1.29 is 4.79 Å². The first kappa shape index (κ1) is 12.5. The maximum atomic E-state index is 12.2. The Balaban J connectivity index is 1.38. The number of anilines is 1. The minimum Gasteiger partial charge on any atom is -0.300 e. The molecule has 2 atom stereocenters. The van der Waals surface area contributed by atoms with Crippen LogP contribution in [0.1, 0.15) is 45.9 Å². The summed E-state index contributed by atoms with van der Waals surface area (Å²) < 4.78 is 0. The van der Waals surface area contributed by atoms with Crippen LogP contribution in [0.25, 0.3) is 0 Å². The lowest BCUT2D eigenvalue weighted by atomic mass is 10.2. The van der Waals surface area contributed by atoms with Crippen LogP contribution in [0.15, 0.2) is 12.1 Å². The standard InChI is InChI=1S/C14H15N3OS2/c1-7-2-5-11(19-7)9-6-10(9)12(18)15-14-17-16-13(20-14)8-3-4-8/h2,5,8-10H,3-4,6H2,1H3,(H,15,17,18)/t9-,10-/m0/s1. The molecule has 6 heteroatoms. The van der Waals surface area contributed by atoms with E-state index in [0.29, 0.717) is 17.0 Å². The second kappa shape index (κ2) is 4.63. The molecule has 0 saturated heterocycles. The molecule has 2 aliphatic rings. The van der Waals surface area contributed by atoms with E-state index in [-0.39, 0.29) is 11.8 Å². The quantitative estimate of drug-likeness (QED) is 0.940. The molecule has 4 rings (SSSR count). The van der Waals surface area contributed by atoms with Crippen LogP contribution in [0.2, 0.25) is 0 Å². The molecule has 2 fully saturated rings. The summed E-state index contributed by atoms with van der Waals surface area (Å²) >= 11 is 3.32. The predicted molar refractivity (Wildman–Crippen MR) is 80.4 cm³/mol. The van der Waals surface area contributed by atoms with E-state index in [4.69, 9.17) is 0 Å². The molecule has 2 aliphatic carbocycles. The van der Waals surface area contributed by atoms with Crippen molar-refractivity contribution in [3.05, 3.63) is 26.9 Å². The first-order valence-electron chi connectivity index (χ1n) is 6.91. The highest BCUT2D eigenvalue weighted by Gasteiger charge is 2.45. The number of aryl methyl sites for hydroxylation is 1. The Kier molecular flexibility index (Phi) is 2.89. The highest BCUT2D eigenvalue weighted by atomic mass is 32.1. The fourth-order valence-electron chi connectivity index (χ4n) is 2.43. The second-order valence-electron chi connectivity index (χ2n) is 5.61. The van der Waals surface area contributed by atoms with E-state index in [2.05, 4.69) is 34.6 Å². The van der Waals surface area contributed by atoms with Gasteiger partial charge in [0.25, 0.3) is 0 Å². The third-order valence-corrected chi connectivity index (χ3v) is 5.98. The van der Waals surface area contributed by atoms with Gasteiger partial charge in [-0.3, -0.25) is 4.79 Å². The third kappa shape index (κ3) is 2.38. The summed E-state index contributed by atoms with van der Waals surface area (Å²) in [5.41, 5.74) is 0. The molecular weight excluding hydrogens is 290 g/mol. The number of hydrogen-bond donors (Lipinski definition) is 1. The van der Waals surface area contributed by atoms with Crippen LogP contribution in [0.5, 0.6) is 0 Å². The molecule has 2 saturated carbocycles. The lowest BCUT2D eigenvalue weighted by molar-refractivity contribution is -0.117. The van der Waals surface area contributed by atoms with Gasteiger partial charge >= 0.3 is 0 Å². The van der Waals surface area contributed by atoms with Gasteiger partial charge in [0.15, 0.2) is 0 Å². The molecule has 104 valence electrons. The molecule has 1 amide bonds. The van der Waals surface area contributed by atoms with Crippen LogP contribution in [0, 0.1) is 12.8 Å². The SMILES string of the molecule is Cc1ccc([C@H]2C[C@@H]2C(=O)Nc2nnc(C3CC3)s2)s1. The summed E-state index contributed by atoms with van der Waals surface area (Å²) in [6.07, 6.45) is 3.39. The van der Waals surface area contributed by atoms with E-state index in [1.54, 1.807) is 11.3 Å². The zero-order valence-electron chi connectivity index (χ0n) is 11.1. The highest BCUT2D eigenvalue weighted by Crippen LogP contribution is 2.50. The van der Waals surface area contributed by atoms with Crippen LogP contribution in [0.4, 0.5) is 5.13 Å². The zero-order valence-corrected chi connectivity index (χ0v) is 12.8. The Hall–Kier alpha value is -1.27. The maximum absolute atomic E-state index is 12.2. The van der Waals surface area contributed by atoms with Gasteiger partial charge in [-0.05, 0) is 38.3 Å². The molecule has 0 radical (unpaired) electrons. The van der Waals surface area contributed by atoms with Crippen molar-refractivity contribution in [3.8, 4) is 0 Å². The van der Waals surface area contributed by atoms with Crippen LogP contribution in [-0.4, -0.2) is 16.1 Å². The summed E-state index contributed by atoms with van der Waals surface area (Å²) in [4.78, 5) is 14.8. The van der Waals surface area contributed by atoms with Gasteiger partial charge in [-0.1, -0.05) is 11.3 Å². The van der Waals surface area contributed by atoms with E-state index in [0.717, 1.165) is 11.4 Å². The molecule has 4 nitrogen and oxygen atoms in total. The zero-order chi connectivity index (χ0) is 13.7. The summed E-state index contributed by atoms with van der Waals surface area (Å²) in [5.74, 6) is 1.21. The summed E-state index contributed by atoms with van der Waals surface area (Å²) in [5, 5.41) is 12.9. The molecule has 0 bridgehead atoms. The fraction of sp³-hybridized carbons (Fsp3) is 0.500. The molecule has 2 aromatic heterocycles. The molecule has 0 aliphatic heterocycles. The number of nitrogens with zero attached hydrogens (tertiary/aromatic N) is 2. The van der Waals surface area contributed by atoms with Gasteiger partial charge in [-0.2, -0.15) is 0 Å². The van der Waals surface area contributed by atoms with E-state index in [1.165, 1.54) is 33.9 Å². The molecule has 2 aromatic rings. The van der Waals surface area contributed by atoms with Gasteiger partial charge in [0.2, 0.25) is 11.0 Å². The average molecular weight is 305 g/mol. The number of amides is 1. The Labute approximate surface area is 125 Å². The number of carbonyl (C=O) groups excluding carboxylic acids is 1. The minimum absolute atomic E-state index is 0.0968. The molecular formula is C14H15N3OS2. The number of rotatable bonds is 4. The number of nitrogens with one attached hydrogen (secondary N) is 1. The Morgan fingerprint density at radius 3 is 2.85 bits per heavy atom. The molecule has 0 aromatic carbocycles. The van der Waals surface area contributed by atoms with Gasteiger partial charge in [-0.15, -0.1) is 21.5 Å². The van der Waals surface area contributed by atoms with Gasteiger partial charge in [0.1, 0.15) is 5.01 Å². The van der Waals surface area contributed by atoms with Gasteiger partial charge in [0.05, 0.1) is 0 Å². The van der Waals surface area contributed by atoms with Crippen molar-refractivity contribution in [3.63, 3.8) is 0 Å². The topological polar surface area (TPSA) is 54.9 Å². The second-order valence-corrected chi connectivity index (χ2v) is 7.93. The molecule has 2 heterocycles. The molecule has 20 heavy (non-hydrogen) atoms. The smallest absolute Gasteiger partial charge is 0.229 e. The molecule has 0 spiro atoms. The van der Waals surface area contributed by atoms with Gasteiger partial charge < -0.3 is 5.32 Å². The van der Waals surface area contributed by atoms with Crippen molar-refractivity contribution in [1.82, 2.24) is 10.2 Å². The van der Waals surface area contributed by atoms with Gasteiger partial charge in [-0.25, -0.2) is 0 Å². The van der Waals surface area contributed by atoms with Crippen LogP contribution >= 0.6 is 22.7 Å². The fourth-order valence-corrected chi connectivity index (χ4v) is 4.40.